The van der Waals surface area contributed by atoms with Crippen molar-refractivity contribution in [1.29, 1.82) is 0 Å². The molecule has 3 rings (SSSR count). The lowest BCUT2D eigenvalue weighted by molar-refractivity contribution is -0.122. The quantitative estimate of drug-likeness (QED) is 0.900. The average Bonchev–Trinajstić information content (AvgIpc) is 2.57. The van der Waals surface area contributed by atoms with E-state index in [-0.39, 0.29) is 5.91 Å². The van der Waals surface area contributed by atoms with Crippen LogP contribution in [-0.4, -0.2) is 29.0 Å². The van der Waals surface area contributed by atoms with Gasteiger partial charge in [-0.3, -0.25) is 4.79 Å². The van der Waals surface area contributed by atoms with Gasteiger partial charge in [0.15, 0.2) is 0 Å². The van der Waals surface area contributed by atoms with Gasteiger partial charge >= 0.3 is 0 Å². The number of anilines is 1. The van der Waals surface area contributed by atoms with E-state index in [0.717, 1.165) is 31.5 Å². The Morgan fingerprint density at radius 3 is 2.43 bits per heavy atom. The van der Waals surface area contributed by atoms with E-state index in [1.807, 2.05) is 30.3 Å². The Bertz CT molecular complexity index is 594. The van der Waals surface area contributed by atoms with Crippen molar-refractivity contribution in [1.82, 2.24) is 15.3 Å². The fourth-order valence-corrected chi connectivity index (χ4v) is 2.87. The van der Waals surface area contributed by atoms with Crippen LogP contribution in [0.3, 0.4) is 0 Å². The SMILES string of the molecule is O=C(Nc1cncnc1)C1(c2ccccc2)CCNCC1. The van der Waals surface area contributed by atoms with Gasteiger partial charge in [0.05, 0.1) is 23.5 Å². The minimum Gasteiger partial charge on any atom is -0.323 e. The van der Waals surface area contributed by atoms with Crippen LogP contribution in [0.4, 0.5) is 5.69 Å². The Labute approximate surface area is 123 Å². The molecule has 1 aliphatic heterocycles. The van der Waals surface area contributed by atoms with E-state index in [4.69, 9.17) is 0 Å². The first-order valence-electron chi connectivity index (χ1n) is 7.14. The highest BCUT2D eigenvalue weighted by Crippen LogP contribution is 2.34. The summed E-state index contributed by atoms with van der Waals surface area (Å²) < 4.78 is 0. The van der Waals surface area contributed by atoms with Gasteiger partial charge in [0.1, 0.15) is 6.33 Å². The maximum absolute atomic E-state index is 12.9. The van der Waals surface area contributed by atoms with Gasteiger partial charge in [-0.05, 0) is 31.5 Å². The van der Waals surface area contributed by atoms with Crippen LogP contribution < -0.4 is 10.6 Å². The lowest BCUT2D eigenvalue weighted by Gasteiger charge is -2.36. The number of nitrogens with one attached hydrogen (secondary N) is 2. The summed E-state index contributed by atoms with van der Waals surface area (Å²) in [5.74, 6) is 0.0185. The Hall–Kier alpha value is -2.27. The van der Waals surface area contributed by atoms with Crippen LogP contribution in [0.25, 0.3) is 0 Å². The number of benzene rings is 1. The van der Waals surface area contributed by atoms with E-state index in [1.165, 1.54) is 6.33 Å². The second kappa shape index (κ2) is 6.01. The third-order valence-corrected chi connectivity index (χ3v) is 4.04. The molecule has 1 saturated heterocycles. The van der Waals surface area contributed by atoms with Crippen LogP contribution in [0.2, 0.25) is 0 Å². The molecule has 0 radical (unpaired) electrons. The Balaban J connectivity index is 1.90. The number of hydrogen-bond donors (Lipinski definition) is 2. The second-order valence-electron chi connectivity index (χ2n) is 5.28. The highest BCUT2D eigenvalue weighted by molar-refractivity contribution is 5.99. The highest BCUT2D eigenvalue weighted by Gasteiger charge is 2.41. The molecule has 5 nitrogen and oxygen atoms in total. The first-order valence-corrected chi connectivity index (χ1v) is 7.14. The van der Waals surface area contributed by atoms with Gasteiger partial charge in [-0.2, -0.15) is 0 Å². The van der Waals surface area contributed by atoms with Crippen molar-refractivity contribution in [3.05, 3.63) is 54.6 Å². The molecule has 1 aromatic heterocycles. The van der Waals surface area contributed by atoms with Gasteiger partial charge in [-0.25, -0.2) is 9.97 Å². The summed E-state index contributed by atoms with van der Waals surface area (Å²) in [6.07, 6.45) is 6.26. The number of aromatic nitrogens is 2. The van der Waals surface area contributed by atoms with Crippen molar-refractivity contribution in [3.8, 4) is 0 Å². The third kappa shape index (κ3) is 2.78. The standard InChI is InChI=1S/C16H18N4O/c21-15(20-14-10-18-12-19-11-14)16(6-8-17-9-7-16)13-4-2-1-3-5-13/h1-5,10-12,17H,6-9H2,(H,20,21). The van der Waals surface area contributed by atoms with Crippen molar-refractivity contribution in [2.45, 2.75) is 18.3 Å². The van der Waals surface area contributed by atoms with Crippen LogP contribution in [0.5, 0.6) is 0 Å². The molecule has 2 N–H and O–H groups in total. The molecule has 2 heterocycles. The number of carbonyl (C=O) groups is 1. The molecule has 1 aromatic carbocycles. The van der Waals surface area contributed by atoms with Gasteiger partial charge in [0.25, 0.3) is 0 Å². The minimum atomic E-state index is -0.484. The van der Waals surface area contributed by atoms with Crippen molar-refractivity contribution in [2.75, 3.05) is 18.4 Å². The lowest BCUT2D eigenvalue weighted by Crippen LogP contribution is -2.48. The number of nitrogens with zero attached hydrogens (tertiary/aromatic N) is 2. The predicted molar refractivity (Wildman–Crippen MR) is 80.9 cm³/mol. The molecule has 0 atom stereocenters. The van der Waals surface area contributed by atoms with E-state index in [1.54, 1.807) is 12.4 Å². The van der Waals surface area contributed by atoms with Crippen molar-refractivity contribution >= 4 is 11.6 Å². The summed E-state index contributed by atoms with van der Waals surface area (Å²) in [4.78, 5) is 20.8. The van der Waals surface area contributed by atoms with E-state index in [2.05, 4.69) is 20.6 Å². The summed E-state index contributed by atoms with van der Waals surface area (Å²) in [6, 6.07) is 10.0. The second-order valence-corrected chi connectivity index (χ2v) is 5.28. The zero-order chi connectivity index (χ0) is 14.5. The van der Waals surface area contributed by atoms with E-state index in [9.17, 15) is 4.79 Å². The molecule has 1 amide bonds. The van der Waals surface area contributed by atoms with E-state index >= 15 is 0 Å². The van der Waals surface area contributed by atoms with Gasteiger partial charge in [-0.15, -0.1) is 0 Å². The smallest absolute Gasteiger partial charge is 0.235 e. The Kier molecular flexibility index (Phi) is 3.92. The number of hydrogen-bond acceptors (Lipinski definition) is 4. The molecule has 0 bridgehead atoms. The monoisotopic (exact) mass is 282 g/mol. The maximum atomic E-state index is 12.9. The largest absolute Gasteiger partial charge is 0.323 e. The fraction of sp³-hybridized carbons (Fsp3) is 0.312. The average molecular weight is 282 g/mol. The molecular formula is C16H18N4O. The molecule has 21 heavy (non-hydrogen) atoms. The normalized spacial score (nSPS) is 17.1. The number of carbonyl (C=O) groups excluding carboxylic acids is 1. The van der Waals surface area contributed by atoms with Crippen molar-refractivity contribution in [2.24, 2.45) is 0 Å². The molecule has 0 spiro atoms. The topological polar surface area (TPSA) is 66.9 Å². The van der Waals surface area contributed by atoms with Crippen LogP contribution in [0.1, 0.15) is 18.4 Å². The van der Waals surface area contributed by atoms with E-state index in [0.29, 0.717) is 5.69 Å². The Morgan fingerprint density at radius 2 is 1.76 bits per heavy atom. The van der Waals surface area contributed by atoms with Crippen molar-refractivity contribution in [3.63, 3.8) is 0 Å². The molecule has 1 aliphatic rings. The first-order chi connectivity index (χ1) is 10.3. The molecule has 0 saturated carbocycles. The zero-order valence-electron chi connectivity index (χ0n) is 11.7. The first kappa shape index (κ1) is 13.7. The molecular weight excluding hydrogens is 264 g/mol. The van der Waals surface area contributed by atoms with E-state index < -0.39 is 5.41 Å². The van der Waals surface area contributed by atoms with Gasteiger partial charge < -0.3 is 10.6 Å². The van der Waals surface area contributed by atoms with Crippen LogP contribution in [-0.2, 0) is 10.2 Å². The molecule has 0 unspecified atom stereocenters. The molecule has 2 aromatic rings. The predicted octanol–water partition coefficient (Wildman–Crippen LogP) is 1.74. The Morgan fingerprint density at radius 1 is 1.10 bits per heavy atom. The minimum absolute atomic E-state index is 0.0185. The molecule has 5 heteroatoms. The van der Waals surface area contributed by atoms with Crippen LogP contribution >= 0.6 is 0 Å². The van der Waals surface area contributed by atoms with Crippen LogP contribution in [0.15, 0.2) is 49.1 Å². The lowest BCUT2D eigenvalue weighted by atomic mass is 9.72. The summed E-state index contributed by atoms with van der Waals surface area (Å²) in [6.45, 7) is 1.68. The maximum Gasteiger partial charge on any atom is 0.235 e. The summed E-state index contributed by atoms with van der Waals surface area (Å²) in [5, 5.41) is 6.28. The summed E-state index contributed by atoms with van der Waals surface area (Å²) in [7, 11) is 0. The summed E-state index contributed by atoms with van der Waals surface area (Å²) in [5.41, 5.74) is 1.22. The van der Waals surface area contributed by atoms with Gasteiger partial charge in [0.2, 0.25) is 5.91 Å². The van der Waals surface area contributed by atoms with Crippen LogP contribution in [0, 0.1) is 0 Å². The van der Waals surface area contributed by atoms with Crippen molar-refractivity contribution < 1.29 is 4.79 Å². The number of rotatable bonds is 3. The molecule has 1 fully saturated rings. The fourth-order valence-electron chi connectivity index (χ4n) is 2.87. The number of amides is 1. The number of piperidine rings is 1. The van der Waals surface area contributed by atoms with Gasteiger partial charge in [0, 0.05) is 0 Å². The zero-order valence-corrected chi connectivity index (χ0v) is 11.7. The highest BCUT2D eigenvalue weighted by atomic mass is 16.2. The third-order valence-electron chi connectivity index (χ3n) is 4.04. The molecule has 0 aliphatic carbocycles. The molecule has 108 valence electrons. The van der Waals surface area contributed by atoms with Gasteiger partial charge in [-0.1, -0.05) is 30.3 Å². The summed E-state index contributed by atoms with van der Waals surface area (Å²) >= 11 is 0.